The molecule has 25 heavy (non-hydrogen) atoms. The van der Waals surface area contributed by atoms with Crippen molar-refractivity contribution >= 4 is 11.7 Å². The predicted octanol–water partition coefficient (Wildman–Crippen LogP) is 3.32. The van der Waals surface area contributed by atoms with E-state index in [2.05, 4.69) is 53.5 Å². The average molecular weight is 337 g/mol. The number of hydrogen-bond acceptors (Lipinski definition) is 2. The van der Waals surface area contributed by atoms with E-state index >= 15 is 0 Å². The molecule has 0 saturated carbocycles. The zero-order valence-electron chi connectivity index (χ0n) is 14.9. The number of urea groups is 1. The van der Waals surface area contributed by atoms with E-state index in [1.165, 1.54) is 16.8 Å². The second-order valence-electron chi connectivity index (χ2n) is 6.46. The molecule has 132 valence electrons. The molecule has 0 unspecified atom stereocenters. The fraction of sp³-hybridized carbons (Fsp3) is 0.381. The third kappa shape index (κ3) is 4.75. The Bertz CT molecular complexity index is 661. The van der Waals surface area contributed by atoms with E-state index < -0.39 is 0 Å². The molecule has 3 rings (SSSR count). The highest BCUT2D eigenvalue weighted by Gasteiger charge is 2.20. The van der Waals surface area contributed by atoms with Crippen LogP contribution in [-0.2, 0) is 12.8 Å². The summed E-state index contributed by atoms with van der Waals surface area (Å²) in [7, 11) is 0. The van der Waals surface area contributed by atoms with E-state index in [9.17, 15) is 4.79 Å². The fourth-order valence-electron chi connectivity index (χ4n) is 3.18. The highest BCUT2D eigenvalue weighted by molar-refractivity contribution is 5.74. The SMILES string of the molecule is CCc1ccc(N2CCN(C(=O)NCCc3ccccc3)CC2)cc1. The van der Waals surface area contributed by atoms with Gasteiger partial charge in [-0.15, -0.1) is 0 Å². The normalized spacial score (nSPS) is 14.4. The highest BCUT2D eigenvalue weighted by atomic mass is 16.2. The molecule has 1 N–H and O–H groups in total. The van der Waals surface area contributed by atoms with Gasteiger partial charge in [0.05, 0.1) is 0 Å². The van der Waals surface area contributed by atoms with Gasteiger partial charge >= 0.3 is 6.03 Å². The summed E-state index contributed by atoms with van der Waals surface area (Å²) >= 11 is 0. The number of amides is 2. The molecule has 1 heterocycles. The van der Waals surface area contributed by atoms with Gasteiger partial charge < -0.3 is 15.1 Å². The van der Waals surface area contributed by atoms with Gasteiger partial charge in [-0.1, -0.05) is 49.4 Å². The van der Waals surface area contributed by atoms with Crippen LogP contribution < -0.4 is 10.2 Å². The standard InChI is InChI=1S/C21H27N3O/c1-2-18-8-10-20(11-9-18)23-14-16-24(17-15-23)21(25)22-13-12-19-6-4-3-5-7-19/h3-11H,2,12-17H2,1H3,(H,22,25). The van der Waals surface area contributed by atoms with Crippen molar-refractivity contribution in [3.05, 3.63) is 65.7 Å². The first-order valence-corrected chi connectivity index (χ1v) is 9.17. The summed E-state index contributed by atoms with van der Waals surface area (Å²) in [5.74, 6) is 0. The molecule has 2 aromatic rings. The van der Waals surface area contributed by atoms with Crippen LogP contribution in [0.3, 0.4) is 0 Å². The third-order valence-electron chi connectivity index (χ3n) is 4.81. The lowest BCUT2D eigenvalue weighted by atomic mass is 10.1. The summed E-state index contributed by atoms with van der Waals surface area (Å²) in [6.07, 6.45) is 1.94. The van der Waals surface area contributed by atoms with E-state index in [0.29, 0.717) is 6.54 Å². The van der Waals surface area contributed by atoms with E-state index in [-0.39, 0.29) is 6.03 Å². The molecule has 0 aromatic heterocycles. The first-order valence-electron chi connectivity index (χ1n) is 9.17. The Morgan fingerprint density at radius 1 is 0.920 bits per heavy atom. The first-order chi connectivity index (χ1) is 12.3. The van der Waals surface area contributed by atoms with Gasteiger partial charge in [0.25, 0.3) is 0 Å². The Hall–Kier alpha value is -2.49. The molecule has 1 fully saturated rings. The van der Waals surface area contributed by atoms with Gasteiger partial charge in [-0.3, -0.25) is 0 Å². The van der Waals surface area contributed by atoms with Crippen LogP contribution in [0.15, 0.2) is 54.6 Å². The van der Waals surface area contributed by atoms with Crippen molar-refractivity contribution in [3.8, 4) is 0 Å². The Morgan fingerprint density at radius 3 is 2.24 bits per heavy atom. The molecule has 1 saturated heterocycles. The Labute approximate surface area is 150 Å². The minimum atomic E-state index is 0.0527. The predicted molar refractivity (Wildman–Crippen MR) is 103 cm³/mol. The zero-order chi connectivity index (χ0) is 17.5. The number of benzene rings is 2. The van der Waals surface area contributed by atoms with Crippen LogP contribution in [0.4, 0.5) is 10.5 Å². The number of hydrogen-bond donors (Lipinski definition) is 1. The van der Waals surface area contributed by atoms with Gasteiger partial charge in [-0.05, 0) is 36.1 Å². The molecule has 2 amide bonds. The zero-order valence-corrected chi connectivity index (χ0v) is 14.9. The number of carbonyl (C=O) groups is 1. The quantitative estimate of drug-likeness (QED) is 0.908. The van der Waals surface area contributed by atoms with Crippen molar-refractivity contribution < 1.29 is 4.79 Å². The van der Waals surface area contributed by atoms with Gasteiger partial charge in [0, 0.05) is 38.4 Å². The van der Waals surface area contributed by atoms with Crippen LogP contribution in [0.2, 0.25) is 0 Å². The average Bonchev–Trinajstić information content (AvgIpc) is 2.69. The summed E-state index contributed by atoms with van der Waals surface area (Å²) in [6, 6.07) is 19.1. The van der Waals surface area contributed by atoms with Gasteiger partial charge in [-0.25, -0.2) is 4.79 Å². The van der Waals surface area contributed by atoms with E-state index in [0.717, 1.165) is 39.0 Å². The summed E-state index contributed by atoms with van der Waals surface area (Å²) in [6.45, 7) is 6.17. The highest BCUT2D eigenvalue weighted by Crippen LogP contribution is 2.17. The van der Waals surface area contributed by atoms with E-state index in [1.807, 2.05) is 23.1 Å². The maximum absolute atomic E-state index is 12.3. The topological polar surface area (TPSA) is 35.6 Å². The molecule has 0 radical (unpaired) electrons. The fourth-order valence-corrected chi connectivity index (χ4v) is 3.18. The number of piperazine rings is 1. The van der Waals surface area contributed by atoms with Crippen LogP contribution in [-0.4, -0.2) is 43.7 Å². The van der Waals surface area contributed by atoms with Gasteiger partial charge in [-0.2, -0.15) is 0 Å². The lowest BCUT2D eigenvalue weighted by Gasteiger charge is -2.36. The second-order valence-corrected chi connectivity index (χ2v) is 6.46. The van der Waals surface area contributed by atoms with Crippen molar-refractivity contribution in [1.29, 1.82) is 0 Å². The largest absolute Gasteiger partial charge is 0.368 e. The van der Waals surface area contributed by atoms with E-state index in [4.69, 9.17) is 0 Å². The van der Waals surface area contributed by atoms with Gasteiger partial charge in [0.2, 0.25) is 0 Å². The van der Waals surface area contributed by atoms with Crippen molar-refractivity contribution in [3.63, 3.8) is 0 Å². The number of anilines is 1. The van der Waals surface area contributed by atoms with Crippen LogP contribution >= 0.6 is 0 Å². The minimum absolute atomic E-state index is 0.0527. The van der Waals surface area contributed by atoms with Crippen LogP contribution in [0, 0.1) is 0 Å². The summed E-state index contributed by atoms with van der Waals surface area (Å²) in [4.78, 5) is 16.6. The molecule has 1 aliphatic rings. The Kier molecular flexibility index (Phi) is 5.94. The molecular weight excluding hydrogens is 310 g/mol. The van der Waals surface area contributed by atoms with Gasteiger partial charge in [0.15, 0.2) is 0 Å². The van der Waals surface area contributed by atoms with Crippen molar-refractivity contribution in [2.24, 2.45) is 0 Å². The smallest absolute Gasteiger partial charge is 0.317 e. The Balaban J connectivity index is 1.42. The first kappa shape index (κ1) is 17.3. The molecule has 0 spiro atoms. The number of nitrogens with zero attached hydrogens (tertiary/aromatic N) is 2. The van der Waals surface area contributed by atoms with Crippen molar-refractivity contribution in [2.75, 3.05) is 37.6 Å². The monoisotopic (exact) mass is 337 g/mol. The van der Waals surface area contributed by atoms with Crippen molar-refractivity contribution in [1.82, 2.24) is 10.2 Å². The molecule has 0 aliphatic carbocycles. The summed E-state index contributed by atoms with van der Waals surface area (Å²) in [5.41, 5.74) is 3.87. The lowest BCUT2D eigenvalue weighted by Crippen LogP contribution is -2.52. The molecule has 0 atom stereocenters. The third-order valence-corrected chi connectivity index (χ3v) is 4.81. The molecule has 0 bridgehead atoms. The van der Waals surface area contributed by atoms with Crippen LogP contribution in [0.1, 0.15) is 18.1 Å². The number of nitrogens with one attached hydrogen (secondary N) is 1. The molecule has 4 heteroatoms. The van der Waals surface area contributed by atoms with Crippen LogP contribution in [0.5, 0.6) is 0 Å². The Morgan fingerprint density at radius 2 is 1.60 bits per heavy atom. The minimum Gasteiger partial charge on any atom is -0.368 e. The summed E-state index contributed by atoms with van der Waals surface area (Å²) in [5, 5.41) is 3.04. The van der Waals surface area contributed by atoms with Gasteiger partial charge in [0.1, 0.15) is 0 Å². The van der Waals surface area contributed by atoms with Crippen LogP contribution in [0.25, 0.3) is 0 Å². The molecule has 2 aromatic carbocycles. The second kappa shape index (κ2) is 8.56. The number of carbonyl (C=O) groups excluding carboxylic acids is 1. The molecule has 4 nitrogen and oxygen atoms in total. The van der Waals surface area contributed by atoms with E-state index in [1.54, 1.807) is 0 Å². The molecular formula is C21H27N3O. The maximum Gasteiger partial charge on any atom is 0.317 e. The molecule has 1 aliphatic heterocycles. The summed E-state index contributed by atoms with van der Waals surface area (Å²) < 4.78 is 0. The number of rotatable bonds is 5. The lowest BCUT2D eigenvalue weighted by molar-refractivity contribution is 0.194. The van der Waals surface area contributed by atoms with Crippen molar-refractivity contribution in [2.45, 2.75) is 19.8 Å². The number of aryl methyl sites for hydroxylation is 1. The maximum atomic E-state index is 12.3.